The maximum Gasteiger partial charge on any atom is 0.220 e. The number of carbonyl (C=O) groups excluding carboxylic acids is 1. The van der Waals surface area contributed by atoms with Gasteiger partial charge in [0.15, 0.2) is 5.96 Å². The van der Waals surface area contributed by atoms with Crippen molar-refractivity contribution in [1.29, 1.82) is 0 Å². The molecule has 0 atom stereocenters. The molecule has 0 aliphatic carbocycles. The number of hydrogen-bond donors (Lipinski definition) is 3. The highest BCUT2D eigenvalue weighted by molar-refractivity contribution is 5.79. The van der Waals surface area contributed by atoms with Gasteiger partial charge in [-0.25, -0.2) is 0 Å². The van der Waals surface area contributed by atoms with Gasteiger partial charge >= 0.3 is 0 Å². The average molecular weight is 390 g/mol. The number of nitrogens with two attached hydrogens (primary N) is 1. The topological polar surface area (TPSA) is 92.0 Å². The van der Waals surface area contributed by atoms with Gasteiger partial charge in [0, 0.05) is 19.0 Å². The van der Waals surface area contributed by atoms with Crippen molar-refractivity contribution in [1.82, 2.24) is 15.5 Å². The molecule has 28 heavy (non-hydrogen) atoms. The number of unbranched alkanes of at least 4 members (excludes halogenated alkanes) is 1. The number of ether oxygens (including phenoxy) is 1. The summed E-state index contributed by atoms with van der Waals surface area (Å²) in [4.78, 5) is 18.3. The van der Waals surface area contributed by atoms with E-state index in [1.807, 2.05) is 30.3 Å². The first-order valence-corrected chi connectivity index (χ1v) is 10.4. The third-order valence-electron chi connectivity index (χ3n) is 4.89. The van der Waals surface area contributed by atoms with Gasteiger partial charge < -0.3 is 26.0 Å². The zero-order valence-corrected chi connectivity index (χ0v) is 17.0. The van der Waals surface area contributed by atoms with Gasteiger partial charge in [0.2, 0.25) is 5.91 Å². The van der Waals surface area contributed by atoms with Gasteiger partial charge in [-0.1, -0.05) is 18.2 Å². The molecule has 1 heterocycles. The van der Waals surface area contributed by atoms with Crippen LogP contribution in [0.25, 0.3) is 0 Å². The number of aliphatic imine (C=N–C) groups is 1. The minimum atomic E-state index is -0.147. The van der Waals surface area contributed by atoms with Crippen molar-refractivity contribution in [3.63, 3.8) is 0 Å². The van der Waals surface area contributed by atoms with Crippen LogP contribution in [-0.4, -0.2) is 62.6 Å². The predicted octanol–water partition coefficient (Wildman–Crippen LogP) is 1.60. The Hall–Kier alpha value is -2.28. The molecule has 1 aliphatic heterocycles. The number of nitrogens with zero attached hydrogens (tertiary/aromatic N) is 2. The van der Waals surface area contributed by atoms with E-state index < -0.39 is 0 Å². The number of amides is 1. The summed E-state index contributed by atoms with van der Waals surface area (Å²) in [5.74, 6) is 1.64. The van der Waals surface area contributed by atoms with Crippen LogP contribution < -0.4 is 21.1 Å². The first-order valence-electron chi connectivity index (χ1n) is 10.4. The van der Waals surface area contributed by atoms with E-state index in [-0.39, 0.29) is 11.8 Å². The van der Waals surface area contributed by atoms with Gasteiger partial charge in [-0.05, 0) is 64.4 Å². The summed E-state index contributed by atoms with van der Waals surface area (Å²) in [5, 5.41) is 6.57. The van der Waals surface area contributed by atoms with E-state index in [2.05, 4.69) is 27.4 Å². The largest absolute Gasteiger partial charge is 0.492 e. The van der Waals surface area contributed by atoms with E-state index in [0.717, 1.165) is 70.1 Å². The number of para-hydroxylation sites is 1. The van der Waals surface area contributed by atoms with Crippen molar-refractivity contribution in [2.24, 2.45) is 16.6 Å². The van der Waals surface area contributed by atoms with Gasteiger partial charge in [0.1, 0.15) is 12.4 Å². The molecule has 1 saturated heterocycles. The highest BCUT2D eigenvalue weighted by Gasteiger charge is 2.22. The van der Waals surface area contributed by atoms with Crippen LogP contribution in [0.5, 0.6) is 5.75 Å². The lowest BCUT2D eigenvalue weighted by Gasteiger charge is -2.30. The van der Waals surface area contributed by atoms with Gasteiger partial charge in [0.25, 0.3) is 0 Å². The molecule has 2 rings (SSSR count). The Morgan fingerprint density at radius 3 is 2.64 bits per heavy atom. The summed E-state index contributed by atoms with van der Waals surface area (Å²) in [7, 11) is 0. The minimum Gasteiger partial charge on any atom is -0.492 e. The fourth-order valence-corrected chi connectivity index (χ4v) is 3.28. The molecule has 0 aromatic heterocycles. The summed E-state index contributed by atoms with van der Waals surface area (Å²) >= 11 is 0. The molecule has 4 N–H and O–H groups in total. The van der Waals surface area contributed by atoms with E-state index in [0.29, 0.717) is 13.2 Å². The van der Waals surface area contributed by atoms with Gasteiger partial charge in [-0.2, -0.15) is 0 Å². The van der Waals surface area contributed by atoms with E-state index in [4.69, 9.17) is 10.5 Å². The second kappa shape index (κ2) is 13.0. The third kappa shape index (κ3) is 8.61. The highest BCUT2D eigenvalue weighted by atomic mass is 16.5. The molecule has 0 unspecified atom stereocenters. The van der Waals surface area contributed by atoms with E-state index >= 15 is 0 Å². The lowest BCUT2D eigenvalue weighted by atomic mass is 9.96. The Morgan fingerprint density at radius 1 is 1.21 bits per heavy atom. The summed E-state index contributed by atoms with van der Waals surface area (Å²) in [6.07, 6.45) is 3.95. The van der Waals surface area contributed by atoms with Crippen molar-refractivity contribution in [3.05, 3.63) is 30.3 Å². The number of benzene rings is 1. The number of piperidine rings is 1. The number of hydrogen-bond acceptors (Lipinski definition) is 4. The van der Waals surface area contributed by atoms with E-state index in [1.54, 1.807) is 0 Å². The van der Waals surface area contributed by atoms with Crippen LogP contribution in [0.15, 0.2) is 35.3 Å². The van der Waals surface area contributed by atoms with Crippen LogP contribution in [-0.2, 0) is 4.79 Å². The summed E-state index contributed by atoms with van der Waals surface area (Å²) in [6.45, 7) is 8.01. The molecule has 156 valence electrons. The third-order valence-corrected chi connectivity index (χ3v) is 4.89. The van der Waals surface area contributed by atoms with Crippen molar-refractivity contribution < 1.29 is 9.53 Å². The Bertz CT molecular complexity index is 586. The number of carbonyl (C=O) groups is 1. The summed E-state index contributed by atoms with van der Waals surface area (Å²) < 4.78 is 5.69. The zero-order chi connectivity index (χ0) is 20.0. The molecule has 1 aliphatic rings. The van der Waals surface area contributed by atoms with Gasteiger partial charge in [0.05, 0.1) is 6.54 Å². The molecule has 0 bridgehead atoms. The lowest BCUT2D eigenvalue weighted by Crippen LogP contribution is -2.39. The second-order valence-corrected chi connectivity index (χ2v) is 7.07. The Labute approximate surface area is 168 Å². The monoisotopic (exact) mass is 389 g/mol. The second-order valence-electron chi connectivity index (χ2n) is 7.07. The molecule has 7 nitrogen and oxygen atoms in total. The average Bonchev–Trinajstić information content (AvgIpc) is 2.72. The van der Waals surface area contributed by atoms with Crippen molar-refractivity contribution in [3.8, 4) is 5.75 Å². The number of rotatable bonds is 11. The maximum atomic E-state index is 11.2. The van der Waals surface area contributed by atoms with Crippen LogP contribution in [0, 0.1) is 5.92 Å². The number of likely N-dealkylation sites (tertiary alicyclic amines) is 1. The molecule has 1 fully saturated rings. The Balaban J connectivity index is 1.57. The van der Waals surface area contributed by atoms with Crippen LogP contribution in [0.1, 0.15) is 32.6 Å². The van der Waals surface area contributed by atoms with Crippen LogP contribution in [0.3, 0.4) is 0 Å². The fraction of sp³-hybridized carbons (Fsp3) is 0.619. The molecule has 1 amide bonds. The SMILES string of the molecule is CCNC(=NCCCCN1CCC(C(N)=O)CC1)NCCOc1ccccc1. The molecule has 0 radical (unpaired) electrons. The highest BCUT2D eigenvalue weighted by Crippen LogP contribution is 2.16. The zero-order valence-electron chi connectivity index (χ0n) is 17.0. The Kier molecular flexibility index (Phi) is 10.2. The van der Waals surface area contributed by atoms with Crippen molar-refractivity contribution in [2.75, 3.05) is 45.9 Å². The number of nitrogens with one attached hydrogen (secondary N) is 2. The molecule has 0 saturated carbocycles. The van der Waals surface area contributed by atoms with Crippen molar-refractivity contribution >= 4 is 11.9 Å². The molecular weight excluding hydrogens is 354 g/mol. The summed E-state index contributed by atoms with van der Waals surface area (Å²) in [6, 6.07) is 9.82. The van der Waals surface area contributed by atoms with E-state index in [1.165, 1.54) is 0 Å². The first kappa shape index (κ1) is 22.0. The van der Waals surface area contributed by atoms with Crippen LogP contribution in [0.2, 0.25) is 0 Å². The summed E-state index contributed by atoms with van der Waals surface area (Å²) in [5.41, 5.74) is 5.39. The van der Waals surface area contributed by atoms with Crippen LogP contribution >= 0.6 is 0 Å². The normalized spacial score (nSPS) is 16.0. The number of primary amides is 1. The van der Waals surface area contributed by atoms with E-state index in [9.17, 15) is 4.79 Å². The smallest absolute Gasteiger partial charge is 0.220 e. The predicted molar refractivity (Wildman–Crippen MR) is 114 cm³/mol. The molecule has 0 spiro atoms. The first-order chi connectivity index (χ1) is 13.7. The molecule has 7 heteroatoms. The lowest BCUT2D eigenvalue weighted by molar-refractivity contribution is -0.123. The van der Waals surface area contributed by atoms with Crippen molar-refractivity contribution in [2.45, 2.75) is 32.6 Å². The molecule has 1 aromatic carbocycles. The standard InChI is InChI=1S/C21H35N5O2/c1-2-23-21(25-13-17-28-19-8-4-3-5-9-19)24-12-6-7-14-26-15-10-18(11-16-26)20(22)27/h3-5,8-9,18H,2,6-7,10-17H2,1H3,(H2,22,27)(H2,23,24,25). The van der Waals surface area contributed by atoms with Crippen LogP contribution in [0.4, 0.5) is 0 Å². The fourth-order valence-electron chi connectivity index (χ4n) is 3.28. The molecule has 1 aromatic rings. The Morgan fingerprint density at radius 2 is 1.96 bits per heavy atom. The minimum absolute atomic E-state index is 0.0699. The quantitative estimate of drug-likeness (QED) is 0.304. The maximum absolute atomic E-state index is 11.2. The van der Waals surface area contributed by atoms with Gasteiger partial charge in [-0.3, -0.25) is 9.79 Å². The van der Waals surface area contributed by atoms with Gasteiger partial charge in [-0.15, -0.1) is 0 Å². The molecular formula is C21H35N5O2. The number of guanidine groups is 1.